The van der Waals surface area contributed by atoms with Crippen molar-refractivity contribution in [2.24, 2.45) is 5.92 Å². The third-order valence-corrected chi connectivity index (χ3v) is 20.5. The van der Waals surface area contributed by atoms with Crippen LogP contribution in [0.3, 0.4) is 0 Å². The lowest BCUT2D eigenvalue weighted by atomic mass is 9.71. The molecule has 0 bridgehead atoms. The molecule has 3 amide bonds. The topological polar surface area (TPSA) is 162 Å². The zero-order valence-electron chi connectivity index (χ0n) is 50.5. The van der Waals surface area contributed by atoms with Crippen LogP contribution in [0.1, 0.15) is 128 Å². The highest BCUT2D eigenvalue weighted by atomic mass is 33.1. The van der Waals surface area contributed by atoms with E-state index in [0.29, 0.717) is 117 Å². The normalized spacial score (nSPS) is 16.2. The predicted octanol–water partition coefficient (Wildman–Crippen LogP) is 13.0. The van der Waals surface area contributed by atoms with Gasteiger partial charge in [0.15, 0.2) is 23.0 Å². The van der Waals surface area contributed by atoms with Crippen molar-refractivity contribution in [2.45, 2.75) is 128 Å². The predicted molar refractivity (Wildman–Crippen MR) is 341 cm³/mol. The van der Waals surface area contributed by atoms with Crippen molar-refractivity contribution in [1.82, 2.24) is 5.32 Å². The third kappa shape index (κ3) is 14.3. The van der Waals surface area contributed by atoms with Gasteiger partial charge in [0.2, 0.25) is 5.91 Å². The highest BCUT2D eigenvalue weighted by molar-refractivity contribution is 8.77. The minimum absolute atomic E-state index is 0.0906. The Morgan fingerprint density at radius 2 is 1.36 bits per heavy atom. The molecule has 85 heavy (non-hydrogen) atoms. The van der Waals surface area contributed by atoms with Gasteiger partial charge in [0.05, 0.1) is 75.4 Å². The maximum absolute atomic E-state index is 14.3. The van der Waals surface area contributed by atoms with Gasteiger partial charge in [-0.25, -0.2) is 0 Å². The van der Waals surface area contributed by atoms with Gasteiger partial charge in [-0.05, 0) is 117 Å². The van der Waals surface area contributed by atoms with Crippen LogP contribution in [-0.2, 0) is 45.1 Å². The van der Waals surface area contributed by atoms with Crippen LogP contribution in [0.4, 0.5) is 28.4 Å². The molecule has 4 heterocycles. The average Bonchev–Trinajstić information content (AvgIpc) is 2.00. The lowest BCUT2D eigenvalue weighted by Gasteiger charge is -2.42. The summed E-state index contributed by atoms with van der Waals surface area (Å²) in [6.07, 6.45) is 12.4. The molecule has 4 aliphatic heterocycles. The van der Waals surface area contributed by atoms with Gasteiger partial charge < -0.3 is 54.0 Å². The summed E-state index contributed by atoms with van der Waals surface area (Å²) in [6, 6.07) is 29.6. The summed E-state index contributed by atoms with van der Waals surface area (Å²) in [5.74, 6) is 3.16. The summed E-state index contributed by atoms with van der Waals surface area (Å²) < 4.78 is 42.2. The Hall–Kier alpha value is -6.57. The maximum atomic E-state index is 14.3. The van der Waals surface area contributed by atoms with Crippen LogP contribution in [0.25, 0.3) is 0 Å². The van der Waals surface area contributed by atoms with Crippen molar-refractivity contribution < 1.29 is 47.5 Å². The molecule has 5 aliphatic rings. The first kappa shape index (κ1) is 61.5. The van der Waals surface area contributed by atoms with Crippen molar-refractivity contribution in [1.29, 1.82) is 0 Å². The van der Waals surface area contributed by atoms with E-state index in [1.165, 1.54) is 32.1 Å². The first-order valence-corrected chi connectivity index (χ1v) is 32.6. The smallest absolute Gasteiger partial charge is 0.264 e. The quantitative estimate of drug-likeness (QED) is 0.0294. The zero-order chi connectivity index (χ0) is 59.5. The molecule has 1 saturated carbocycles. The maximum Gasteiger partial charge on any atom is 0.264 e. The lowest BCUT2D eigenvalue weighted by Crippen LogP contribution is -2.53. The van der Waals surface area contributed by atoms with Crippen LogP contribution in [0.5, 0.6) is 23.0 Å². The number of carbonyl (C=O) groups excluding carboxylic acids is 3. The van der Waals surface area contributed by atoms with Gasteiger partial charge in [-0.2, -0.15) is 0 Å². The highest BCUT2D eigenvalue weighted by Gasteiger charge is 2.41. The average molecular weight is 1200 g/mol. The van der Waals surface area contributed by atoms with E-state index in [-0.39, 0.29) is 47.4 Å². The van der Waals surface area contributed by atoms with Gasteiger partial charge >= 0.3 is 0 Å². The lowest BCUT2D eigenvalue weighted by molar-refractivity contribution is -0.124. The zero-order valence-corrected chi connectivity index (χ0v) is 52.1. The van der Waals surface area contributed by atoms with E-state index in [9.17, 15) is 14.4 Å². The van der Waals surface area contributed by atoms with E-state index in [1.54, 1.807) is 38.4 Å². The van der Waals surface area contributed by atoms with E-state index in [0.717, 1.165) is 70.0 Å². The molecule has 5 aromatic carbocycles. The standard InChI is InChI=1S/C67H84N6O10S2/c1-8-67(9-2,49-20-11-10-12-21-49)70-63(74)24-17-31-84-85-66(3,4)44-71(25-26-80-29-30-81-28-27-77-5)50-33-45(42-82-60-39-54-52(37-58(60)78-6)64(75)72-51(41-68-54)35-47-18-13-15-22-56(47)72)32-46(34-50)43-83-61-40-55-53(38-59(61)79-7)65(76)73-57-23-16-14-19-48(57)36-62(73)69-55/h13-16,18-19,22-23,32-34,37-41,49,62,68-69H,8-12,17,20-21,24-31,35-36,42-44H2,1-7H3,(H,70,74)/t62-/m0/s1. The molecule has 1 fully saturated rings. The number of para-hydroxylation sites is 2. The molecular weight excluding hydrogens is 1110 g/mol. The molecule has 0 radical (unpaired) electrons. The summed E-state index contributed by atoms with van der Waals surface area (Å²) in [4.78, 5) is 47.9. The van der Waals surface area contributed by atoms with E-state index in [2.05, 4.69) is 78.9 Å². The second-order valence-electron chi connectivity index (χ2n) is 23.2. The van der Waals surface area contributed by atoms with Crippen LogP contribution in [-0.4, -0.2) is 107 Å². The molecule has 1 atom stereocenters. The number of rotatable bonds is 30. The first-order chi connectivity index (χ1) is 41.3. The Morgan fingerprint density at radius 1 is 0.729 bits per heavy atom. The Kier molecular flexibility index (Phi) is 20.5. The van der Waals surface area contributed by atoms with Crippen molar-refractivity contribution >= 4 is 67.7 Å². The van der Waals surface area contributed by atoms with Crippen LogP contribution < -0.4 is 49.6 Å². The van der Waals surface area contributed by atoms with Crippen molar-refractivity contribution in [2.75, 3.05) is 98.5 Å². The number of anilines is 5. The van der Waals surface area contributed by atoms with Crippen LogP contribution in [0, 0.1) is 5.92 Å². The third-order valence-electron chi connectivity index (χ3n) is 17.1. The Morgan fingerprint density at radius 3 is 2.05 bits per heavy atom. The van der Waals surface area contributed by atoms with E-state index in [1.807, 2.05) is 81.2 Å². The fourth-order valence-electron chi connectivity index (χ4n) is 12.7. The number of carbonyl (C=O) groups is 3. The number of hydrogen-bond donors (Lipinski definition) is 3. The fraction of sp³-hybridized carbons (Fsp3) is 0.478. The number of benzene rings is 5. The molecule has 1 aliphatic carbocycles. The van der Waals surface area contributed by atoms with Gasteiger partial charge in [-0.15, -0.1) is 0 Å². The molecule has 0 unspecified atom stereocenters. The van der Waals surface area contributed by atoms with Gasteiger partial charge in [-0.3, -0.25) is 24.2 Å². The first-order valence-electron chi connectivity index (χ1n) is 30.2. The van der Waals surface area contributed by atoms with E-state index < -0.39 is 0 Å². The summed E-state index contributed by atoms with van der Waals surface area (Å²) in [7, 11) is 8.48. The number of nitrogens with one attached hydrogen (secondary N) is 3. The second-order valence-corrected chi connectivity index (χ2v) is 26.4. The molecule has 5 aromatic rings. The number of allylic oxidation sites excluding steroid dienone is 1. The van der Waals surface area contributed by atoms with Gasteiger partial charge in [-0.1, -0.05) is 91.1 Å². The molecule has 0 spiro atoms. The van der Waals surface area contributed by atoms with Gasteiger partial charge in [0.25, 0.3) is 11.8 Å². The number of fused-ring (bicyclic) bond motifs is 8. The van der Waals surface area contributed by atoms with Crippen LogP contribution >= 0.6 is 21.6 Å². The van der Waals surface area contributed by atoms with Crippen molar-refractivity contribution in [3.05, 3.63) is 136 Å². The monoisotopic (exact) mass is 1200 g/mol. The summed E-state index contributed by atoms with van der Waals surface area (Å²) in [5, 5.41) is 10.6. The molecule has 454 valence electrons. The molecule has 3 N–H and O–H groups in total. The molecule has 16 nitrogen and oxygen atoms in total. The second kappa shape index (κ2) is 28.3. The number of nitrogens with zero attached hydrogens (tertiary/aromatic N) is 3. The Balaban J connectivity index is 0.894. The van der Waals surface area contributed by atoms with Gasteiger partial charge in [0, 0.05) is 90.9 Å². The molecular formula is C67H84N6O10S2. The Labute approximate surface area is 509 Å². The summed E-state index contributed by atoms with van der Waals surface area (Å²) in [6.45, 7) is 12.9. The Bertz CT molecular complexity index is 3200. The van der Waals surface area contributed by atoms with E-state index >= 15 is 0 Å². The van der Waals surface area contributed by atoms with Crippen LogP contribution in [0.15, 0.2) is 103 Å². The van der Waals surface area contributed by atoms with Crippen LogP contribution in [0.2, 0.25) is 0 Å². The molecule has 10 rings (SSSR count). The number of ether oxygens (including phenoxy) is 7. The van der Waals surface area contributed by atoms with E-state index in [4.69, 9.17) is 33.2 Å². The molecule has 0 aromatic heterocycles. The highest BCUT2D eigenvalue weighted by Crippen LogP contribution is 2.45. The fourth-order valence-corrected chi connectivity index (χ4v) is 15.3. The number of methoxy groups -OCH3 is 3. The molecule has 0 saturated heterocycles. The number of hydrogen-bond acceptors (Lipinski definition) is 15. The number of amides is 3. The van der Waals surface area contributed by atoms with Crippen molar-refractivity contribution in [3.8, 4) is 23.0 Å². The largest absolute Gasteiger partial charge is 0.493 e. The summed E-state index contributed by atoms with van der Waals surface area (Å²) in [5.41, 5.74) is 9.73. The SMILES string of the molecule is CCC(CC)(NC(=O)CCCSSC(C)(C)CN(CCOCCOCCOC)c1cc(COc2cc3c(cc2OC)C(=O)N2C(=CN3)Cc3ccccc32)cc(COc2cc3c(cc2OC)C(=O)N2c4ccccc4C[C@H]2N3)c1)C1CCCCC1. The molecule has 18 heteroatoms. The van der Waals surface area contributed by atoms with Gasteiger partial charge in [0.1, 0.15) is 19.4 Å². The summed E-state index contributed by atoms with van der Waals surface area (Å²) >= 11 is 0. The minimum atomic E-state index is -0.247. The van der Waals surface area contributed by atoms with Crippen molar-refractivity contribution in [3.63, 3.8) is 0 Å². The minimum Gasteiger partial charge on any atom is -0.493 e.